The summed E-state index contributed by atoms with van der Waals surface area (Å²) in [5.41, 5.74) is 1.13. The van der Waals surface area contributed by atoms with Crippen molar-refractivity contribution in [1.29, 1.82) is 0 Å². The van der Waals surface area contributed by atoms with Gasteiger partial charge in [0.15, 0.2) is 17.2 Å². The molecule has 2 aromatic heterocycles. The summed E-state index contributed by atoms with van der Waals surface area (Å²) in [4.78, 5) is 21.2. The van der Waals surface area contributed by atoms with E-state index in [4.69, 9.17) is 4.74 Å². The lowest BCUT2D eigenvalue weighted by molar-refractivity contribution is 0.309. The number of ether oxygens (including phenoxy) is 1. The lowest BCUT2D eigenvalue weighted by Gasteiger charge is -2.16. The van der Waals surface area contributed by atoms with Crippen molar-refractivity contribution in [2.75, 3.05) is 14.2 Å². The number of nitrogens with one attached hydrogen (secondary N) is 1. The van der Waals surface area contributed by atoms with Crippen LogP contribution < -0.4 is 10.3 Å². The van der Waals surface area contributed by atoms with Crippen molar-refractivity contribution in [1.82, 2.24) is 24.6 Å². The van der Waals surface area contributed by atoms with Gasteiger partial charge >= 0.3 is 0 Å². The molecule has 0 aliphatic carbocycles. The zero-order chi connectivity index (χ0) is 17.3. The second-order valence-electron chi connectivity index (χ2n) is 5.66. The SMILES string of the molecule is COc1ccc(CN(C)Cc2nc3c(cnn3C)c(=O)[nH]2)cc1F. The number of benzene rings is 1. The minimum atomic E-state index is -0.397. The summed E-state index contributed by atoms with van der Waals surface area (Å²) in [5, 5.41) is 4.50. The lowest BCUT2D eigenvalue weighted by Crippen LogP contribution is -2.22. The molecule has 1 aromatic carbocycles. The normalized spacial score (nSPS) is 11.4. The van der Waals surface area contributed by atoms with Crippen LogP contribution in [0.4, 0.5) is 4.39 Å². The first-order valence-electron chi connectivity index (χ1n) is 7.40. The van der Waals surface area contributed by atoms with E-state index in [9.17, 15) is 9.18 Å². The van der Waals surface area contributed by atoms with Gasteiger partial charge in [-0.1, -0.05) is 6.07 Å². The minimum absolute atomic E-state index is 0.216. The molecule has 0 aliphatic rings. The Hall–Kier alpha value is -2.74. The average molecular weight is 331 g/mol. The Balaban J connectivity index is 1.77. The number of hydrogen-bond acceptors (Lipinski definition) is 5. The second-order valence-corrected chi connectivity index (χ2v) is 5.66. The molecule has 7 nitrogen and oxygen atoms in total. The third kappa shape index (κ3) is 3.13. The molecule has 0 aliphatic heterocycles. The van der Waals surface area contributed by atoms with Crippen LogP contribution in [0.15, 0.2) is 29.2 Å². The predicted molar refractivity (Wildman–Crippen MR) is 87.3 cm³/mol. The fourth-order valence-electron chi connectivity index (χ4n) is 2.58. The number of halogens is 1. The molecule has 126 valence electrons. The molecular formula is C16H18FN5O2. The molecule has 0 fully saturated rings. The Morgan fingerprint density at radius 1 is 1.38 bits per heavy atom. The number of aromatic amines is 1. The Kier molecular flexibility index (Phi) is 4.30. The van der Waals surface area contributed by atoms with Gasteiger partial charge in [-0.3, -0.25) is 14.4 Å². The van der Waals surface area contributed by atoms with Gasteiger partial charge in [0.05, 0.1) is 19.9 Å². The molecule has 3 aromatic rings. The van der Waals surface area contributed by atoms with Gasteiger partial charge in [0, 0.05) is 13.6 Å². The van der Waals surface area contributed by atoms with Gasteiger partial charge in [-0.15, -0.1) is 0 Å². The van der Waals surface area contributed by atoms with Gasteiger partial charge in [0.1, 0.15) is 11.2 Å². The molecule has 24 heavy (non-hydrogen) atoms. The van der Waals surface area contributed by atoms with Crippen LogP contribution in [0.2, 0.25) is 0 Å². The molecule has 0 saturated heterocycles. The first-order chi connectivity index (χ1) is 11.5. The van der Waals surface area contributed by atoms with Crippen LogP contribution in [0.5, 0.6) is 5.75 Å². The van der Waals surface area contributed by atoms with E-state index in [2.05, 4.69) is 15.1 Å². The molecule has 2 heterocycles. The number of rotatable bonds is 5. The fraction of sp³-hybridized carbons (Fsp3) is 0.312. The Morgan fingerprint density at radius 2 is 2.17 bits per heavy atom. The number of H-pyrrole nitrogens is 1. The van der Waals surface area contributed by atoms with Crippen LogP contribution in [0.25, 0.3) is 11.0 Å². The molecule has 8 heteroatoms. The molecule has 0 atom stereocenters. The van der Waals surface area contributed by atoms with Crippen molar-refractivity contribution in [3.8, 4) is 5.75 Å². The first-order valence-corrected chi connectivity index (χ1v) is 7.40. The number of methoxy groups -OCH3 is 1. The quantitative estimate of drug-likeness (QED) is 0.765. The third-order valence-corrected chi connectivity index (χ3v) is 3.74. The van der Waals surface area contributed by atoms with E-state index in [0.29, 0.717) is 29.9 Å². The van der Waals surface area contributed by atoms with E-state index in [0.717, 1.165) is 5.56 Å². The highest BCUT2D eigenvalue weighted by atomic mass is 19.1. The van der Waals surface area contributed by atoms with Crippen molar-refractivity contribution in [3.05, 3.63) is 52.0 Å². The lowest BCUT2D eigenvalue weighted by atomic mass is 10.2. The largest absolute Gasteiger partial charge is 0.494 e. The Morgan fingerprint density at radius 3 is 2.88 bits per heavy atom. The standard InChI is InChI=1S/C16H18FN5O2/c1-21(8-10-4-5-13(24-3)12(17)6-10)9-14-19-15-11(16(23)20-14)7-18-22(15)2/h4-7H,8-9H2,1-3H3,(H,19,20,23). The minimum Gasteiger partial charge on any atom is -0.494 e. The summed E-state index contributed by atoms with van der Waals surface area (Å²) >= 11 is 0. The zero-order valence-electron chi connectivity index (χ0n) is 13.7. The summed E-state index contributed by atoms with van der Waals surface area (Å²) in [6, 6.07) is 4.84. The zero-order valence-corrected chi connectivity index (χ0v) is 13.7. The molecule has 3 rings (SSSR count). The fourth-order valence-corrected chi connectivity index (χ4v) is 2.58. The average Bonchev–Trinajstić information content (AvgIpc) is 2.89. The highest BCUT2D eigenvalue weighted by molar-refractivity contribution is 5.72. The highest BCUT2D eigenvalue weighted by Gasteiger charge is 2.11. The Bertz CT molecular complexity index is 934. The molecule has 0 bridgehead atoms. The van der Waals surface area contributed by atoms with Gasteiger partial charge in [0.25, 0.3) is 5.56 Å². The summed E-state index contributed by atoms with van der Waals surface area (Å²) in [5.74, 6) is 0.355. The number of fused-ring (bicyclic) bond motifs is 1. The van der Waals surface area contributed by atoms with Crippen molar-refractivity contribution < 1.29 is 9.13 Å². The first kappa shape index (κ1) is 16.1. The van der Waals surface area contributed by atoms with Gasteiger partial charge in [-0.25, -0.2) is 9.37 Å². The van der Waals surface area contributed by atoms with Crippen LogP contribution in [0.3, 0.4) is 0 Å². The predicted octanol–water partition coefficient (Wildman–Crippen LogP) is 1.44. The van der Waals surface area contributed by atoms with Gasteiger partial charge in [-0.2, -0.15) is 5.10 Å². The molecule has 0 saturated carbocycles. The summed E-state index contributed by atoms with van der Waals surface area (Å²) in [6.45, 7) is 0.929. The molecule has 0 amide bonds. The van der Waals surface area contributed by atoms with Gasteiger partial charge in [-0.05, 0) is 24.7 Å². The van der Waals surface area contributed by atoms with Crippen LogP contribution >= 0.6 is 0 Å². The van der Waals surface area contributed by atoms with Crippen LogP contribution in [0, 0.1) is 5.82 Å². The topological polar surface area (TPSA) is 76.0 Å². The van der Waals surface area contributed by atoms with Crippen molar-refractivity contribution in [3.63, 3.8) is 0 Å². The van der Waals surface area contributed by atoms with E-state index in [1.54, 1.807) is 23.9 Å². The van der Waals surface area contributed by atoms with Gasteiger partial charge < -0.3 is 9.72 Å². The van der Waals surface area contributed by atoms with Crippen molar-refractivity contribution in [2.45, 2.75) is 13.1 Å². The van der Waals surface area contributed by atoms with E-state index in [-0.39, 0.29) is 11.3 Å². The van der Waals surface area contributed by atoms with Gasteiger partial charge in [0.2, 0.25) is 0 Å². The third-order valence-electron chi connectivity index (χ3n) is 3.74. The summed E-state index contributed by atoms with van der Waals surface area (Å²) < 4.78 is 20.2. The molecule has 0 radical (unpaired) electrons. The number of aryl methyl sites for hydroxylation is 1. The maximum atomic E-state index is 13.8. The smallest absolute Gasteiger partial charge is 0.262 e. The molecule has 1 N–H and O–H groups in total. The van der Waals surface area contributed by atoms with E-state index in [1.807, 2.05) is 11.9 Å². The summed E-state index contributed by atoms with van der Waals surface area (Å²) in [6.07, 6.45) is 1.49. The van der Waals surface area contributed by atoms with Crippen molar-refractivity contribution in [2.24, 2.45) is 7.05 Å². The molecule has 0 unspecified atom stereocenters. The molecule has 0 spiro atoms. The monoisotopic (exact) mass is 331 g/mol. The highest BCUT2D eigenvalue weighted by Crippen LogP contribution is 2.18. The van der Waals surface area contributed by atoms with Crippen molar-refractivity contribution >= 4 is 11.0 Å². The van der Waals surface area contributed by atoms with E-state index < -0.39 is 5.82 Å². The maximum Gasteiger partial charge on any atom is 0.262 e. The second kappa shape index (κ2) is 6.40. The number of hydrogen-bond donors (Lipinski definition) is 1. The number of nitrogens with zero attached hydrogens (tertiary/aromatic N) is 4. The van der Waals surface area contributed by atoms with E-state index in [1.165, 1.54) is 19.4 Å². The summed E-state index contributed by atoms with van der Waals surface area (Å²) in [7, 11) is 5.04. The molecular weight excluding hydrogens is 313 g/mol. The van der Waals surface area contributed by atoms with E-state index >= 15 is 0 Å². The Labute approximate surface area is 137 Å². The van der Waals surface area contributed by atoms with Crippen LogP contribution in [-0.2, 0) is 20.1 Å². The van der Waals surface area contributed by atoms with Crippen LogP contribution in [0.1, 0.15) is 11.4 Å². The van der Waals surface area contributed by atoms with Crippen LogP contribution in [-0.4, -0.2) is 38.8 Å². The maximum absolute atomic E-state index is 13.8. The number of aromatic nitrogens is 4.